The second kappa shape index (κ2) is 7.17. The second-order valence-corrected chi connectivity index (χ2v) is 4.38. The number of nitrogens with one attached hydrogen (secondary N) is 1. The van der Waals surface area contributed by atoms with Gasteiger partial charge in [0.2, 0.25) is 0 Å². The summed E-state index contributed by atoms with van der Waals surface area (Å²) < 4.78 is 13.4. The third-order valence-corrected chi connectivity index (χ3v) is 3.10. The van der Waals surface area contributed by atoms with E-state index in [9.17, 15) is 4.39 Å². The molecule has 2 nitrogen and oxygen atoms in total. The molecule has 1 heterocycles. The number of piperidine rings is 1. The minimum Gasteiger partial charge on any atom is -0.325 e. The molecule has 0 spiro atoms. The van der Waals surface area contributed by atoms with Gasteiger partial charge in [-0.1, -0.05) is 18.2 Å². The van der Waals surface area contributed by atoms with Crippen LogP contribution in [0.4, 0.5) is 4.39 Å². The van der Waals surface area contributed by atoms with E-state index in [1.165, 1.54) is 6.07 Å². The summed E-state index contributed by atoms with van der Waals surface area (Å²) in [6.07, 6.45) is 2.48. The Bertz CT molecular complexity index is 341. The lowest BCUT2D eigenvalue weighted by Gasteiger charge is -2.34. The summed E-state index contributed by atoms with van der Waals surface area (Å²) in [5.74, 6) is -0.138. The van der Waals surface area contributed by atoms with Crippen LogP contribution in [0.2, 0.25) is 0 Å². The highest BCUT2D eigenvalue weighted by atomic mass is 35.5. The molecule has 98 valence electrons. The van der Waals surface area contributed by atoms with Crippen molar-refractivity contribution in [1.29, 1.82) is 0 Å². The summed E-state index contributed by atoms with van der Waals surface area (Å²) in [5, 5.41) is 3.27. The Morgan fingerprint density at radius 3 is 2.35 bits per heavy atom. The van der Waals surface area contributed by atoms with E-state index >= 15 is 0 Å². The lowest BCUT2D eigenvalue weighted by molar-refractivity contribution is 0.305. The smallest absolute Gasteiger partial charge is 0.126 e. The zero-order valence-corrected chi connectivity index (χ0v) is 11.2. The van der Waals surface area contributed by atoms with E-state index in [0.29, 0.717) is 6.42 Å². The Balaban J connectivity index is 0.00000128. The van der Waals surface area contributed by atoms with Gasteiger partial charge in [0.25, 0.3) is 0 Å². The number of benzene rings is 1. The Morgan fingerprint density at radius 2 is 1.76 bits per heavy atom. The van der Waals surface area contributed by atoms with Crippen molar-refractivity contribution in [2.75, 3.05) is 13.1 Å². The zero-order valence-electron chi connectivity index (χ0n) is 9.62. The fourth-order valence-electron chi connectivity index (χ4n) is 2.12. The van der Waals surface area contributed by atoms with Gasteiger partial charge in [0.05, 0.1) is 0 Å². The molecule has 0 saturated carbocycles. The molecule has 17 heavy (non-hydrogen) atoms. The molecule has 3 N–H and O–H groups in total. The van der Waals surface area contributed by atoms with Gasteiger partial charge in [-0.2, -0.15) is 0 Å². The lowest BCUT2D eigenvalue weighted by Crippen LogP contribution is -2.50. The average molecular weight is 281 g/mol. The molecular weight excluding hydrogens is 262 g/mol. The molecule has 0 bridgehead atoms. The van der Waals surface area contributed by atoms with Gasteiger partial charge in [-0.15, -0.1) is 24.8 Å². The predicted octanol–water partition coefficient (Wildman–Crippen LogP) is 2.29. The number of hydrogen-bond acceptors (Lipinski definition) is 2. The van der Waals surface area contributed by atoms with Crippen LogP contribution < -0.4 is 11.1 Å². The number of nitrogens with two attached hydrogens (primary N) is 1. The number of hydrogen-bond donors (Lipinski definition) is 2. The van der Waals surface area contributed by atoms with Crippen LogP contribution >= 0.6 is 24.8 Å². The molecule has 2 rings (SSSR count). The standard InChI is InChI=1S/C12H17FN2.2ClH/c13-11-4-2-1-3-10(11)9-12(14)5-7-15-8-6-12;;/h1-4,15H,5-9,14H2;2*1H. The maximum Gasteiger partial charge on any atom is 0.126 e. The Hall–Kier alpha value is -0.350. The largest absolute Gasteiger partial charge is 0.325 e. The van der Waals surface area contributed by atoms with Gasteiger partial charge in [-0.05, 0) is 44.0 Å². The normalized spacial score (nSPS) is 17.8. The van der Waals surface area contributed by atoms with Gasteiger partial charge < -0.3 is 11.1 Å². The third kappa shape index (κ3) is 4.43. The van der Waals surface area contributed by atoms with Crippen molar-refractivity contribution < 1.29 is 4.39 Å². The van der Waals surface area contributed by atoms with Crippen molar-refractivity contribution in [1.82, 2.24) is 5.32 Å². The minimum atomic E-state index is -0.229. The molecule has 0 atom stereocenters. The summed E-state index contributed by atoms with van der Waals surface area (Å²) in [5.41, 5.74) is 6.76. The van der Waals surface area contributed by atoms with E-state index in [-0.39, 0.29) is 36.2 Å². The van der Waals surface area contributed by atoms with Crippen molar-refractivity contribution in [3.05, 3.63) is 35.6 Å². The van der Waals surface area contributed by atoms with E-state index in [4.69, 9.17) is 5.73 Å². The van der Waals surface area contributed by atoms with Crippen LogP contribution in [0, 0.1) is 5.82 Å². The van der Waals surface area contributed by atoms with Crippen molar-refractivity contribution in [3.63, 3.8) is 0 Å². The predicted molar refractivity (Wildman–Crippen MR) is 73.6 cm³/mol. The van der Waals surface area contributed by atoms with Crippen molar-refractivity contribution in [2.24, 2.45) is 5.73 Å². The molecule has 0 aliphatic carbocycles. The van der Waals surface area contributed by atoms with E-state index in [1.54, 1.807) is 6.07 Å². The van der Waals surface area contributed by atoms with Crippen molar-refractivity contribution >= 4 is 24.8 Å². The van der Waals surface area contributed by atoms with Crippen LogP contribution in [0.1, 0.15) is 18.4 Å². The third-order valence-electron chi connectivity index (χ3n) is 3.10. The molecule has 1 aliphatic rings. The molecule has 1 aromatic carbocycles. The first-order chi connectivity index (χ1) is 7.20. The molecule has 0 amide bonds. The van der Waals surface area contributed by atoms with E-state index in [2.05, 4.69) is 5.32 Å². The van der Waals surface area contributed by atoms with Gasteiger partial charge >= 0.3 is 0 Å². The minimum absolute atomic E-state index is 0. The highest BCUT2D eigenvalue weighted by molar-refractivity contribution is 5.85. The van der Waals surface area contributed by atoms with Gasteiger partial charge in [-0.3, -0.25) is 0 Å². The number of rotatable bonds is 2. The first-order valence-corrected chi connectivity index (χ1v) is 5.43. The Labute approximate surface area is 114 Å². The van der Waals surface area contributed by atoms with Gasteiger partial charge in [0, 0.05) is 5.54 Å². The Kier molecular flexibility index (Phi) is 7.02. The molecule has 1 aliphatic heterocycles. The number of halogens is 3. The van der Waals surface area contributed by atoms with E-state index in [0.717, 1.165) is 31.5 Å². The van der Waals surface area contributed by atoms with E-state index < -0.39 is 0 Å². The molecule has 0 unspecified atom stereocenters. The van der Waals surface area contributed by atoms with Crippen LogP contribution in [-0.2, 0) is 6.42 Å². The summed E-state index contributed by atoms with van der Waals surface area (Å²) in [6, 6.07) is 6.90. The van der Waals surface area contributed by atoms with Crippen LogP contribution in [0.25, 0.3) is 0 Å². The topological polar surface area (TPSA) is 38.0 Å². The zero-order chi connectivity index (χ0) is 10.7. The maximum absolute atomic E-state index is 13.4. The molecule has 0 aromatic heterocycles. The molecular formula is C12H19Cl2FN2. The first-order valence-electron chi connectivity index (χ1n) is 5.43. The summed E-state index contributed by atoms with van der Waals surface area (Å²) in [7, 11) is 0. The molecule has 5 heteroatoms. The lowest BCUT2D eigenvalue weighted by atomic mass is 9.83. The highest BCUT2D eigenvalue weighted by Crippen LogP contribution is 2.22. The molecule has 0 radical (unpaired) electrons. The van der Waals surface area contributed by atoms with Crippen LogP contribution in [-0.4, -0.2) is 18.6 Å². The Morgan fingerprint density at radius 1 is 1.18 bits per heavy atom. The van der Waals surface area contributed by atoms with E-state index in [1.807, 2.05) is 12.1 Å². The SMILES string of the molecule is Cl.Cl.NC1(Cc2ccccc2F)CCNCC1. The van der Waals surface area contributed by atoms with Crippen molar-refractivity contribution in [2.45, 2.75) is 24.8 Å². The van der Waals surface area contributed by atoms with Crippen molar-refractivity contribution in [3.8, 4) is 0 Å². The second-order valence-electron chi connectivity index (χ2n) is 4.38. The highest BCUT2D eigenvalue weighted by Gasteiger charge is 2.28. The summed E-state index contributed by atoms with van der Waals surface area (Å²) in [6.45, 7) is 1.87. The first kappa shape index (κ1) is 16.6. The maximum atomic E-state index is 13.4. The summed E-state index contributed by atoms with van der Waals surface area (Å²) in [4.78, 5) is 0. The van der Waals surface area contributed by atoms with Gasteiger partial charge in [-0.25, -0.2) is 4.39 Å². The average Bonchev–Trinajstić information content (AvgIpc) is 2.22. The molecule has 1 saturated heterocycles. The van der Waals surface area contributed by atoms with Crippen LogP contribution in [0.5, 0.6) is 0 Å². The van der Waals surface area contributed by atoms with Crippen LogP contribution in [0.15, 0.2) is 24.3 Å². The monoisotopic (exact) mass is 280 g/mol. The quantitative estimate of drug-likeness (QED) is 0.873. The van der Waals surface area contributed by atoms with Gasteiger partial charge in [0.15, 0.2) is 0 Å². The van der Waals surface area contributed by atoms with Gasteiger partial charge in [0.1, 0.15) is 5.82 Å². The molecule has 1 fully saturated rings. The fourth-order valence-corrected chi connectivity index (χ4v) is 2.12. The fraction of sp³-hybridized carbons (Fsp3) is 0.500. The van der Waals surface area contributed by atoms with Crippen LogP contribution in [0.3, 0.4) is 0 Å². The summed E-state index contributed by atoms with van der Waals surface area (Å²) >= 11 is 0. The molecule has 1 aromatic rings.